The quantitative estimate of drug-likeness (QED) is 0.688. The predicted molar refractivity (Wildman–Crippen MR) is 108 cm³/mol. The lowest BCUT2D eigenvalue weighted by molar-refractivity contribution is 1.04. The molecule has 2 aliphatic rings. The lowest BCUT2D eigenvalue weighted by atomic mass is 9.83. The second kappa shape index (κ2) is 9.67. The van der Waals surface area contributed by atoms with Crippen LogP contribution in [0.25, 0.3) is 0 Å². The summed E-state index contributed by atoms with van der Waals surface area (Å²) in [6.45, 7) is 8.89. The van der Waals surface area contributed by atoms with Crippen molar-refractivity contribution in [3.05, 3.63) is 77.3 Å². The molecule has 1 unspecified atom stereocenters. The van der Waals surface area contributed by atoms with Crippen LogP contribution in [0.15, 0.2) is 81.7 Å². The molecule has 0 N–H and O–H groups in total. The number of nitrogens with zero attached hydrogens (tertiary/aromatic N) is 3. The molecule has 0 fully saturated rings. The van der Waals surface area contributed by atoms with Gasteiger partial charge in [0.05, 0.1) is 5.71 Å². The van der Waals surface area contributed by atoms with Crippen LogP contribution in [-0.4, -0.2) is 23.5 Å². The van der Waals surface area contributed by atoms with Crippen molar-refractivity contribution in [2.24, 2.45) is 15.9 Å². The van der Waals surface area contributed by atoms with E-state index in [9.17, 15) is 0 Å². The number of fused-ring (bicyclic) bond motifs is 1. The van der Waals surface area contributed by atoms with Gasteiger partial charge in [0, 0.05) is 43.7 Å². The molecule has 1 aromatic heterocycles. The summed E-state index contributed by atoms with van der Waals surface area (Å²) in [5.41, 5.74) is 6.01. The van der Waals surface area contributed by atoms with E-state index in [-0.39, 0.29) is 5.92 Å². The molecule has 0 radical (unpaired) electrons. The first-order valence-corrected chi connectivity index (χ1v) is 9.04. The summed E-state index contributed by atoms with van der Waals surface area (Å²) in [7, 11) is 0. The van der Waals surface area contributed by atoms with Crippen molar-refractivity contribution in [2.45, 2.75) is 34.1 Å². The molecule has 0 amide bonds. The largest absolute Gasteiger partial charge is 0.293 e. The van der Waals surface area contributed by atoms with Crippen molar-refractivity contribution in [1.29, 1.82) is 0 Å². The fourth-order valence-corrected chi connectivity index (χ4v) is 2.92. The third-order valence-electron chi connectivity index (χ3n) is 4.08. The molecule has 1 aliphatic heterocycles. The molecule has 0 saturated carbocycles. The maximum absolute atomic E-state index is 4.71. The van der Waals surface area contributed by atoms with E-state index in [0.29, 0.717) is 0 Å². The summed E-state index contributed by atoms with van der Waals surface area (Å²) in [6.07, 6.45) is 17.2. The van der Waals surface area contributed by atoms with Gasteiger partial charge in [-0.3, -0.25) is 15.0 Å². The van der Waals surface area contributed by atoms with Gasteiger partial charge >= 0.3 is 0 Å². The summed E-state index contributed by atoms with van der Waals surface area (Å²) in [6, 6.07) is 4.08. The van der Waals surface area contributed by atoms with Gasteiger partial charge in [-0.1, -0.05) is 44.2 Å². The third-order valence-corrected chi connectivity index (χ3v) is 4.08. The minimum atomic E-state index is 0.237. The molecule has 0 spiro atoms. The van der Waals surface area contributed by atoms with Gasteiger partial charge < -0.3 is 0 Å². The van der Waals surface area contributed by atoms with Crippen molar-refractivity contribution in [1.82, 2.24) is 4.98 Å². The Hall–Kier alpha value is -2.55. The van der Waals surface area contributed by atoms with Crippen LogP contribution in [-0.2, 0) is 6.42 Å². The Morgan fingerprint density at radius 2 is 2.16 bits per heavy atom. The highest BCUT2D eigenvalue weighted by molar-refractivity contribution is 6.09. The fourth-order valence-electron chi connectivity index (χ4n) is 2.92. The highest BCUT2D eigenvalue weighted by Gasteiger charge is 2.28. The van der Waals surface area contributed by atoms with Gasteiger partial charge in [-0.25, -0.2) is 0 Å². The van der Waals surface area contributed by atoms with E-state index < -0.39 is 0 Å². The van der Waals surface area contributed by atoms with Gasteiger partial charge in [0.15, 0.2) is 0 Å². The van der Waals surface area contributed by atoms with Crippen LogP contribution in [0.1, 0.15) is 33.3 Å². The predicted octanol–water partition coefficient (Wildman–Crippen LogP) is 5.14. The summed E-state index contributed by atoms with van der Waals surface area (Å²) >= 11 is 0. The Bertz CT molecular complexity index is 747. The van der Waals surface area contributed by atoms with Crippen LogP contribution in [0.3, 0.4) is 0 Å². The van der Waals surface area contributed by atoms with E-state index in [2.05, 4.69) is 47.3 Å². The van der Waals surface area contributed by atoms with E-state index in [1.165, 1.54) is 16.7 Å². The minimum Gasteiger partial charge on any atom is -0.293 e. The monoisotopic (exact) mass is 333 g/mol. The van der Waals surface area contributed by atoms with Crippen LogP contribution in [0, 0.1) is 5.92 Å². The first-order chi connectivity index (χ1) is 12.3. The molecule has 3 nitrogen and oxygen atoms in total. The van der Waals surface area contributed by atoms with Gasteiger partial charge in [0.1, 0.15) is 0 Å². The second-order valence-corrected chi connectivity index (χ2v) is 5.56. The smallest absolute Gasteiger partial charge is 0.0552 e. The number of hydrogen-bond donors (Lipinski definition) is 0. The van der Waals surface area contributed by atoms with E-state index in [1.54, 1.807) is 6.20 Å². The van der Waals surface area contributed by atoms with E-state index >= 15 is 0 Å². The topological polar surface area (TPSA) is 37.6 Å². The zero-order valence-corrected chi connectivity index (χ0v) is 15.6. The highest BCUT2D eigenvalue weighted by Crippen LogP contribution is 2.33. The molecule has 0 bridgehead atoms. The fraction of sp³-hybridized carbons (Fsp3) is 0.318. The van der Waals surface area contributed by atoms with Crippen molar-refractivity contribution >= 4 is 11.9 Å². The number of aliphatic imine (C=N–C) groups is 2. The van der Waals surface area contributed by atoms with Crippen LogP contribution < -0.4 is 0 Å². The molecule has 3 rings (SSSR count). The van der Waals surface area contributed by atoms with Crippen LogP contribution in [0.2, 0.25) is 0 Å². The molecule has 25 heavy (non-hydrogen) atoms. The van der Waals surface area contributed by atoms with Crippen LogP contribution in [0.4, 0.5) is 0 Å². The van der Waals surface area contributed by atoms with Gasteiger partial charge in [0.2, 0.25) is 0 Å². The normalized spacial score (nSPS) is 19.0. The maximum Gasteiger partial charge on any atom is 0.0552 e. The molecule has 130 valence electrons. The summed E-state index contributed by atoms with van der Waals surface area (Å²) < 4.78 is 0. The Balaban J connectivity index is 0.00000109. The molecule has 1 atom stereocenters. The van der Waals surface area contributed by atoms with E-state index in [4.69, 9.17) is 4.99 Å². The number of rotatable bonds is 5. The molecule has 0 aromatic carbocycles. The standard InChI is InChI=1S/C20H21N3.C2H6/c1-3-16(13-21-4-2)19-14-23-20-17(8-5-9-18(19)20)11-15-7-6-10-22-12-15;1-2/h3,5-10,12-14,18H,4,11H2,1-2H3;1-2H3/b16-3+,21-13?;. The third kappa shape index (κ3) is 4.50. The molecule has 1 aromatic rings. The van der Waals surface area contributed by atoms with Crippen molar-refractivity contribution in [2.75, 3.05) is 6.54 Å². The van der Waals surface area contributed by atoms with E-state index in [1.807, 2.05) is 45.4 Å². The first kappa shape index (κ1) is 18.8. The molecule has 2 heterocycles. The lowest BCUT2D eigenvalue weighted by Gasteiger charge is -2.20. The minimum absolute atomic E-state index is 0.237. The molecular weight excluding hydrogens is 306 g/mol. The van der Waals surface area contributed by atoms with Gasteiger partial charge in [0.25, 0.3) is 0 Å². The summed E-state index contributed by atoms with van der Waals surface area (Å²) in [4.78, 5) is 13.3. The van der Waals surface area contributed by atoms with E-state index in [0.717, 1.165) is 24.3 Å². The highest BCUT2D eigenvalue weighted by atomic mass is 14.8. The molecular formula is C22H27N3. The average molecular weight is 333 g/mol. The lowest BCUT2D eigenvalue weighted by Crippen LogP contribution is -2.18. The number of pyridine rings is 1. The molecule has 3 heteroatoms. The van der Waals surface area contributed by atoms with Gasteiger partial charge in [-0.05, 0) is 42.2 Å². The first-order valence-electron chi connectivity index (χ1n) is 9.04. The maximum atomic E-state index is 4.71. The summed E-state index contributed by atoms with van der Waals surface area (Å²) in [5, 5.41) is 0. The van der Waals surface area contributed by atoms with Crippen LogP contribution >= 0.6 is 0 Å². The Kier molecular flexibility index (Phi) is 7.27. The van der Waals surface area contributed by atoms with Crippen molar-refractivity contribution < 1.29 is 0 Å². The SMILES string of the molecule is C/C=C(\C=NCC)C1=CN=C2C(Cc3cccnc3)=CC=CC12.CC. The summed E-state index contributed by atoms with van der Waals surface area (Å²) in [5.74, 6) is 0.237. The zero-order valence-electron chi connectivity index (χ0n) is 15.6. The van der Waals surface area contributed by atoms with Crippen LogP contribution in [0.5, 0.6) is 0 Å². The number of aromatic nitrogens is 1. The van der Waals surface area contributed by atoms with Crippen molar-refractivity contribution in [3.8, 4) is 0 Å². The molecule has 0 saturated heterocycles. The number of hydrogen-bond acceptors (Lipinski definition) is 3. The Labute approximate surface area is 151 Å². The Morgan fingerprint density at radius 3 is 2.84 bits per heavy atom. The van der Waals surface area contributed by atoms with Crippen molar-refractivity contribution in [3.63, 3.8) is 0 Å². The van der Waals surface area contributed by atoms with Gasteiger partial charge in [-0.15, -0.1) is 0 Å². The average Bonchev–Trinajstić information content (AvgIpc) is 3.10. The van der Waals surface area contributed by atoms with Gasteiger partial charge in [-0.2, -0.15) is 0 Å². The number of allylic oxidation sites excluding steroid dienone is 7. The Morgan fingerprint density at radius 1 is 1.32 bits per heavy atom. The zero-order chi connectivity index (χ0) is 18.1. The molecule has 1 aliphatic carbocycles. The second-order valence-electron chi connectivity index (χ2n) is 5.56.